The van der Waals surface area contributed by atoms with Gasteiger partial charge in [-0.05, 0) is 77.0 Å². The summed E-state index contributed by atoms with van der Waals surface area (Å²) in [4.78, 5) is 26.2. The summed E-state index contributed by atoms with van der Waals surface area (Å²) in [5, 5.41) is 23.9. The summed E-state index contributed by atoms with van der Waals surface area (Å²) in [5.41, 5.74) is 0. The number of aliphatic hydroxyl groups is 2. The van der Waals surface area contributed by atoms with Gasteiger partial charge in [-0.2, -0.15) is 0 Å². The minimum atomic E-state index is -0.793. The molecular weight excluding hydrogens is 803 g/mol. The second kappa shape index (κ2) is 53.0. The molecule has 0 fully saturated rings. The highest BCUT2D eigenvalue weighted by atomic mass is 16.5. The zero-order chi connectivity index (χ0) is 47.4. The molecule has 0 rings (SSSR count). The van der Waals surface area contributed by atoms with Gasteiger partial charge in [0.25, 0.3) is 0 Å². The van der Waals surface area contributed by atoms with Crippen LogP contribution in [0.1, 0.15) is 303 Å². The molecule has 6 heteroatoms. The Labute approximate surface area is 404 Å². The van der Waals surface area contributed by atoms with Gasteiger partial charge < -0.3 is 20.3 Å². The predicted octanol–water partition coefficient (Wildman–Crippen LogP) is 17.6. The van der Waals surface area contributed by atoms with E-state index in [-0.39, 0.29) is 24.9 Å². The maximum Gasteiger partial charge on any atom is 0.306 e. The van der Waals surface area contributed by atoms with Gasteiger partial charge in [0.05, 0.1) is 25.2 Å². The molecule has 0 aliphatic rings. The van der Waals surface area contributed by atoms with E-state index in [0.717, 1.165) is 64.2 Å². The number of rotatable bonds is 52. The van der Waals surface area contributed by atoms with Crippen LogP contribution in [0.3, 0.4) is 0 Å². The van der Waals surface area contributed by atoms with Gasteiger partial charge >= 0.3 is 5.97 Å². The Morgan fingerprint density at radius 2 is 0.785 bits per heavy atom. The number of amides is 1. The Morgan fingerprint density at radius 3 is 1.23 bits per heavy atom. The SMILES string of the molecule is CCCCC/C=C/C=C/CCCCCCCCC(=O)OC(CCCCC/C=C/CCCCCCCCC)CC(=O)NC(CO)C(O)CCCCCCCCCCCCCCCCCCC. The summed E-state index contributed by atoms with van der Waals surface area (Å²) in [6.45, 7) is 6.48. The van der Waals surface area contributed by atoms with Gasteiger partial charge in [-0.1, -0.05) is 250 Å². The predicted molar refractivity (Wildman–Crippen MR) is 282 cm³/mol. The van der Waals surface area contributed by atoms with E-state index >= 15 is 0 Å². The van der Waals surface area contributed by atoms with Crippen LogP contribution in [-0.4, -0.2) is 46.9 Å². The molecule has 382 valence electrons. The van der Waals surface area contributed by atoms with Gasteiger partial charge in [-0.3, -0.25) is 9.59 Å². The van der Waals surface area contributed by atoms with Crippen LogP contribution in [0.25, 0.3) is 0 Å². The van der Waals surface area contributed by atoms with Crippen molar-refractivity contribution in [2.45, 2.75) is 322 Å². The number of aliphatic hydroxyl groups excluding tert-OH is 2. The van der Waals surface area contributed by atoms with Crippen molar-refractivity contribution < 1.29 is 24.5 Å². The largest absolute Gasteiger partial charge is 0.462 e. The van der Waals surface area contributed by atoms with Crippen molar-refractivity contribution in [3.63, 3.8) is 0 Å². The maximum atomic E-state index is 13.3. The second-order valence-corrected chi connectivity index (χ2v) is 19.7. The van der Waals surface area contributed by atoms with Crippen molar-refractivity contribution in [2.75, 3.05) is 6.61 Å². The summed E-state index contributed by atoms with van der Waals surface area (Å²) in [7, 11) is 0. The monoisotopic (exact) mass is 914 g/mol. The minimum absolute atomic E-state index is 0.0650. The molecule has 3 atom stereocenters. The van der Waals surface area contributed by atoms with Crippen LogP contribution >= 0.6 is 0 Å². The van der Waals surface area contributed by atoms with Crippen molar-refractivity contribution in [3.8, 4) is 0 Å². The number of hydrogen-bond acceptors (Lipinski definition) is 5. The maximum absolute atomic E-state index is 13.3. The molecule has 0 radical (unpaired) electrons. The van der Waals surface area contributed by atoms with E-state index in [1.54, 1.807) is 0 Å². The van der Waals surface area contributed by atoms with Crippen molar-refractivity contribution in [1.29, 1.82) is 0 Å². The summed E-state index contributed by atoms with van der Waals surface area (Å²) in [6, 6.07) is -0.707. The Morgan fingerprint density at radius 1 is 0.446 bits per heavy atom. The van der Waals surface area contributed by atoms with Gasteiger partial charge in [0, 0.05) is 6.42 Å². The van der Waals surface area contributed by atoms with Crippen LogP contribution < -0.4 is 5.32 Å². The first-order valence-corrected chi connectivity index (χ1v) is 28.7. The topological polar surface area (TPSA) is 95.9 Å². The van der Waals surface area contributed by atoms with E-state index < -0.39 is 18.2 Å². The molecule has 0 aromatic heterocycles. The van der Waals surface area contributed by atoms with Gasteiger partial charge in [-0.15, -0.1) is 0 Å². The Balaban J connectivity index is 4.54. The van der Waals surface area contributed by atoms with Crippen LogP contribution in [-0.2, 0) is 14.3 Å². The molecule has 1 amide bonds. The normalized spacial score (nSPS) is 13.4. The first-order chi connectivity index (χ1) is 32.0. The summed E-state index contributed by atoms with van der Waals surface area (Å²) in [6.07, 6.45) is 63.5. The van der Waals surface area contributed by atoms with Crippen molar-refractivity contribution in [3.05, 3.63) is 36.5 Å². The number of nitrogens with one attached hydrogen (secondary N) is 1. The highest BCUT2D eigenvalue weighted by Crippen LogP contribution is 2.18. The smallest absolute Gasteiger partial charge is 0.306 e. The average Bonchev–Trinajstić information content (AvgIpc) is 3.30. The second-order valence-electron chi connectivity index (χ2n) is 19.7. The molecule has 0 aliphatic carbocycles. The number of hydrogen-bond donors (Lipinski definition) is 3. The standard InChI is InChI=1S/C59H111NO5/c1-4-7-10-13-16-19-22-25-28-29-31-33-36-39-42-45-48-51-57(62)56(54-61)60-58(63)53-55(50-47-44-41-38-35-32-27-24-21-18-15-12-9-6-3)65-59(64)52-49-46-43-40-37-34-30-26-23-20-17-14-11-8-5-2/h17,20,23,26,32,35,55-57,61-62H,4-16,18-19,21-22,24-25,27-31,33-34,36-54H2,1-3H3,(H,60,63)/b20-17+,26-23+,35-32+. The fourth-order valence-corrected chi connectivity index (χ4v) is 8.83. The molecule has 0 saturated heterocycles. The molecule has 0 heterocycles. The molecule has 0 saturated carbocycles. The highest BCUT2D eigenvalue weighted by molar-refractivity contribution is 5.77. The molecule has 3 unspecified atom stereocenters. The number of carbonyl (C=O) groups excluding carboxylic acids is 2. The Bertz CT molecular complexity index is 1070. The van der Waals surface area contributed by atoms with Crippen molar-refractivity contribution in [2.24, 2.45) is 0 Å². The molecule has 0 bridgehead atoms. The molecule has 0 aliphatic heterocycles. The third-order valence-electron chi connectivity index (χ3n) is 13.2. The van der Waals surface area contributed by atoms with Crippen LogP contribution in [0.2, 0.25) is 0 Å². The van der Waals surface area contributed by atoms with Crippen LogP contribution in [0.15, 0.2) is 36.5 Å². The fraction of sp³-hybridized carbons (Fsp3) is 0.864. The zero-order valence-corrected chi connectivity index (χ0v) is 43.6. The molecular formula is C59H111NO5. The third-order valence-corrected chi connectivity index (χ3v) is 13.2. The third kappa shape index (κ3) is 48.3. The lowest BCUT2D eigenvalue weighted by Gasteiger charge is -2.24. The number of esters is 1. The van der Waals surface area contributed by atoms with E-state index in [1.807, 2.05) is 0 Å². The average molecular weight is 915 g/mol. The van der Waals surface area contributed by atoms with Crippen LogP contribution in [0.4, 0.5) is 0 Å². The molecule has 65 heavy (non-hydrogen) atoms. The van der Waals surface area contributed by atoms with E-state index in [2.05, 4.69) is 62.5 Å². The lowest BCUT2D eigenvalue weighted by molar-refractivity contribution is -0.151. The van der Waals surface area contributed by atoms with Gasteiger partial charge in [-0.25, -0.2) is 0 Å². The van der Waals surface area contributed by atoms with E-state index in [0.29, 0.717) is 19.3 Å². The fourth-order valence-electron chi connectivity index (χ4n) is 8.83. The van der Waals surface area contributed by atoms with E-state index in [4.69, 9.17) is 4.74 Å². The molecule has 0 aromatic carbocycles. The van der Waals surface area contributed by atoms with E-state index in [1.165, 1.54) is 193 Å². The summed E-state index contributed by atoms with van der Waals surface area (Å²) >= 11 is 0. The van der Waals surface area contributed by atoms with E-state index in [9.17, 15) is 19.8 Å². The van der Waals surface area contributed by atoms with Crippen LogP contribution in [0.5, 0.6) is 0 Å². The Kier molecular flexibility index (Phi) is 51.5. The van der Waals surface area contributed by atoms with Crippen LogP contribution in [0, 0.1) is 0 Å². The lowest BCUT2D eigenvalue weighted by Crippen LogP contribution is -2.46. The first kappa shape index (κ1) is 63.1. The van der Waals surface area contributed by atoms with Gasteiger partial charge in [0.2, 0.25) is 5.91 Å². The van der Waals surface area contributed by atoms with Crippen molar-refractivity contribution in [1.82, 2.24) is 5.32 Å². The summed E-state index contributed by atoms with van der Waals surface area (Å²) in [5.74, 6) is -0.490. The minimum Gasteiger partial charge on any atom is -0.462 e. The summed E-state index contributed by atoms with van der Waals surface area (Å²) < 4.78 is 5.94. The lowest BCUT2D eigenvalue weighted by atomic mass is 10.0. The molecule has 6 nitrogen and oxygen atoms in total. The molecule has 0 spiro atoms. The Hall–Kier alpha value is -1.92. The van der Waals surface area contributed by atoms with Gasteiger partial charge in [0.1, 0.15) is 6.10 Å². The molecule has 0 aromatic rings. The number of ether oxygens (including phenoxy) is 1. The molecule has 3 N–H and O–H groups in total. The van der Waals surface area contributed by atoms with Gasteiger partial charge in [0.15, 0.2) is 0 Å². The number of carbonyl (C=O) groups is 2. The zero-order valence-electron chi connectivity index (χ0n) is 43.6. The quantitative estimate of drug-likeness (QED) is 0.0244. The van der Waals surface area contributed by atoms with Crippen molar-refractivity contribution >= 4 is 11.9 Å². The first-order valence-electron chi connectivity index (χ1n) is 28.7. The number of allylic oxidation sites excluding steroid dienone is 6. The highest BCUT2D eigenvalue weighted by Gasteiger charge is 2.24. The number of unbranched alkanes of at least 4 members (excludes halogenated alkanes) is 35.